The van der Waals surface area contributed by atoms with Crippen molar-refractivity contribution in [2.45, 2.75) is 25.5 Å². The summed E-state index contributed by atoms with van der Waals surface area (Å²) in [5.74, 6) is 0. The molecule has 0 amide bonds. The van der Waals surface area contributed by atoms with Crippen molar-refractivity contribution in [1.82, 2.24) is 0 Å². The van der Waals surface area contributed by atoms with Crippen LogP contribution in [-0.4, -0.2) is 17.3 Å². The van der Waals surface area contributed by atoms with Gasteiger partial charge in [0.2, 0.25) is 0 Å². The molecule has 48 valence electrons. The van der Waals surface area contributed by atoms with Gasteiger partial charge in [-0.15, -0.1) is 6.58 Å². The zero-order chi connectivity index (χ0) is 6.57. The van der Waals surface area contributed by atoms with Crippen molar-refractivity contribution in [1.29, 1.82) is 0 Å². The molecule has 1 unspecified atom stereocenters. The predicted octanol–water partition coefficient (Wildman–Crippen LogP) is 0.271. The molecule has 0 saturated heterocycles. The summed E-state index contributed by atoms with van der Waals surface area (Å²) in [6.45, 7) is 5.17. The highest BCUT2D eigenvalue weighted by atomic mass is 16.3. The first-order chi connectivity index (χ1) is 3.68. The smallest absolute Gasteiger partial charge is 0.0666 e. The minimum absolute atomic E-state index is 0.146. The largest absolute Gasteiger partial charge is 0.392 e. The van der Waals surface area contributed by atoms with E-state index >= 15 is 0 Å². The number of rotatable bonds is 3. The van der Waals surface area contributed by atoms with E-state index in [4.69, 9.17) is 10.8 Å². The SMILES string of the molecule is C=CC[C@@H](N)C(C)O. The third kappa shape index (κ3) is 2.77. The third-order valence-electron chi connectivity index (χ3n) is 1.06. The topological polar surface area (TPSA) is 46.2 Å². The second kappa shape index (κ2) is 3.64. The Morgan fingerprint density at radius 3 is 2.50 bits per heavy atom. The molecule has 8 heavy (non-hydrogen) atoms. The van der Waals surface area contributed by atoms with Crippen molar-refractivity contribution >= 4 is 0 Å². The summed E-state index contributed by atoms with van der Waals surface area (Å²) in [5.41, 5.74) is 5.41. The molecule has 2 heteroatoms. The molecule has 0 aromatic carbocycles. The maximum atomic E-state index is 8.78. The maximum absolute atomic E-state index is 8.78. The maximum Gasteiger partial charge on any atom is 0.0666 e. The molecule has 0 aliphatic heterocycles. The van der Waals surface area contributed by atoms with E-state index in [2.05, 4.69) is 6.58 Å². The number of hydrogen-bond donors (Lipinski definition) is 2. The minimum atomic E-state index is -0.423. The number of nitrogens with two attached hydrogens (primary N) is 1. The average molecular weight is 115 g/mol. The number of aliphatic hydroxyl groups is 1. The van der Waals surface area contributed by atoms with Crippen LogP contribution in [0.4, 0.5) is 0 Å². The summed E-state index contributed by atoms with van der Waals surface area (Å²) in [6.07, 6.45) is 1.96. The molecular formula is C6H13NO. The summed E-state index contributed by atoms with van der Waals surface area (Å²) in [4.78, 5) is 0. The summed E-state index contributed by atoms with van der Waals surface area (Å²) >= 11 is 0. The fourth-order valence-electron chi connectivity index (χ4n) is 0.389. The Morgan fingerprint density at radius 1 is 1.88 bits per heavy atom. The van der Waals surface area contributed by atoms with Gasteiger partial charge in [0.25, 0.3) is 0 Å². The highest BCUT2D eigenvalue weighted by Crippen LogP contribution is 1.93. The van der Waals surface area contributed by atoms with Crippen LogP contribution < -0.4 is 5.73 Å². The molecule has 0 aromatic heterocycles. The van der Waals surface area contributed by atoms with Crippen LogP contribution in [0, 0.1) is 0 Å². The van der Waals surface area contributed by atoms with E-state index in [1.165, 1.54) is 0 Å². The van der Waals surface area contributed by atoms with Crippen molar-refractivity contribution in [2.24, 2.45) is 5.73 Å². The molecule has 3 N–H and O–H groups in total. The minimum Gasteiger partial charge on any atom is -0.392 e. The van der Waals surface area contributed by atoms with E-state index in [1.807, 2.05) is 0 Å². The van der Waals surface area contributed by atoms with E-state index in [9.17, 15) is 0 Å². The van der Waals surface area contributed by atoms with E-state index < -0.39 is 6.10 Å². The lowest BCUT2D eigenvalue weighted by molar-refractivity contribution is 0.164. The van der Waals surface area contributed by atoms with E-state index in [-0.39, 0.29) is 6.04 Å². The zero-order valence-electron chi connectivity index (χ0n) is 5.17. The van der Waals surface area contributed by atoms with Gasteiger partial charge >= 0.3 is 0 Å². The van der Waals surface area contributed by atoms with Crippen LogP contribution in [0.25, 0.3) is 0 Å². The Kier molecular flexibility index (Phi) is 3.48. The molecule has 0 spiro atoms. The van der Waals surface area contributed by atoms with Crippen LogP contribution >= 0.6 is 0 Å². The summed E-state index contributed by atoms with van der Waals surface area (Å²) in [5, 5.41) is 8.78. The first-order valence-corrected chi connectivity index (χ1v) is 2.73. The molecule has 0 rings (SSSR count). The lowest BCUT2D eigenvalue weighted by atomic mass is 10.1. The van der Waals surface area contributed by atoms with Crippen molar-refractivity contribution in [2.75, 3.05) is 0 Å². The van der Waals surface area contributed by atoms with E-state index in [0.717, 1.165) is 0 Å². The van der Waals surface area contributed by atoms with E-state index in [0.29, 0.717) is 6.42 Å². The predicted molar refractivity (Wildman–Crippen MR) is 34.5 cm³/mol. The van der Waals surface area contributed by atoms with Gasteiger partial charge in [-0.1, -0.05) is 6.08 Å². The quantitative estimate of drug-likeness (QED) is 0.519. The van der Waals surface area contributed by atoms with E-state index in [1.54, 1.807) is 13.0 Å². The summed E-state index contributed by atoms with van der Waals surface area (Å²) < 4.78 is 0. The third-order valence-corrected chi connectivity index (χ3v) is 1.06. The molecule has 2 nitrogen and oxygen atoms in total. The van der Waals surface area contributed by atoms with Crippen LogP contribution in [0.2, 0.25) is 0 Å². The number of hydrogen-bond acceptors (Lipinski definition) is 2. The van der Waals surface area contributed by atoms with Crippen LogP contribution in [0.15, 0.2) is 12.7 Å². The molecule has 0 aliphatic carbocycles. The second-order valence-electron chi connectivity index (χ2n) is 1.93. The zero-order valence-corrected chi connectivity index (χ0v) is 5.17. The first kappa shape index (κ1) is 7.66. The van der Waals surface area contributed by atoms with Gasteiger partial charge in [-0.05, 0) is 13.3 Å². The Morgan fingerprint density at radius 2 is 2.38 bits per heavy atom. The normalized spacial score (nSPS) is 17.4. The van der Waals surface area contributed by atoms with Crippen molar-refractivity contribution < 1.29 is 5.11 Å². The van der Waals surface area contributed by atoms with Gasteiger partial charge in [-0.25, -0.2) is 0 Å². The van der Waals surface area contributed by atoms with Gasteiger partial charge in [0.05, 0.1) is 6.10 Å². The molecule has 0 heterocycles. The monoisotopic (exact) mass is 115 g/mol. The lowest BCUT2D eigenvalue weighted by Crippen LogP contribution is -2.31. The first-order valence-electron chi connectivity index (χ1n) is 2.73. The van der Waals surface area contributed by atoms with Crippen molar-refractivity contribution in [3.05, 3.63) is 12.7 Å². The Balaban J connectivity index is 3.30. The number of aliphatic hydroxyl groups excluding tert-OH is 1. The lowest BCUT2D eigenvalue weighted by Gasteiger charge is -2.10. The molecule has 0 bridgehead atoms. The Bertz CT molecular complexity index is 70.9. The highest BCUT2D eigenvalue weighted by Gasteiger charge is 2.04. The van der Waals surface area contributed by atoms with Gasteiger partial charge in [0.1, 0.15) is 0 Å². The average Bonchev–Trinajstić information content (AvgIpc) is 1.67. The summed E-state index contributed by atoms with van der Waals surface area (Å²) in [7, 11) is 0. The highest BCUT2D eigenvalue weighted by molar-refractivity contribution is 4.78. The molecule has 0 fully saturated rings. The van der Waals surface area contributed by atoms with Gasteiger partial charge in [0, 0.05) is 6.04 Å². The standard InChI is InChI=1S/C6H13NO/c1-3-4-6(7)5(2)8/h3,5-6,8H,1,4,7H2,2H3/t5?,6-/m1/s1. The molecule has 0 aliphatic rings. The van der Waals surface area contributed by atoms with Gasteiger partial charge in [0.15, 0.2) is 0 Å². The molecular weight excluding hydrogens is 102 g/mol. The summed E-state index contributed by atoms with van der Waals surface area (Å²) in [6, 6.07) is -0.146. The molecule has 0 radical (unpaired) electrons. The van der Waals surface area contributed by atoms with Gasteiger partial charge in [-0.2, -0.15) is 0 Å². The van der Waals surface area contributed by atoms with Crippen molar-refractivity contribution in [3.63, 3.8) is 0 Å². The van der Waals surface area contributed by atoms with Crippen LogP contribution in [0.5, 0.6) is 0 Å². The van der Waals surface area contributed by atoms with Crippen molar-refractivity contribution in [3.8, 4) is 0 Å². The van der Waals surface area contributed by atoms with Crippen LogP contribution in [0.3, 0.4) is 0 Å². The van der Waals surface area contributed by atoms with Crippen LogP contribution in [0.1, 0.15) is 13.3 Å². The van der Waals surface area contributed by atoms with Gasteiger partial charge in [-0.3, -0.25) is 0 Å². The van der Waals surface area contributed by atoms with Gasteiger partial charge < -0.3 is 10.8 Å². The Hall–Kier alpha value is -0.340. The molecule has 2 atom stereocenters. The fourth-order valence-corrected chi connectivity index (χ4v) is 0.389. The second-order valence-corrected chi connectivity index (χ2v) is 1.93. The Labute approximate surface area is 50.0 Å². The molecule has 0 saturated carbocycles. The van der Waals surface area contributed by atoms with Crippen LogP contribution in [-0.2, 0) is 0 Å². The molecule has 0 aromatic rings. The fraction of sp³-hybridized carbons (Fsp3) is 0.667.